The number of carbonyl (C=O) groups excluding carboxylic acids is 1. The number of nitrogens with one attached hydrogen (secondary N) is 1. The Hall–Kier alpha value is -3.52. The lowest BCUT2D eigenvalue weighted by Crippen LogP contribution is -2.19. The first-order valence-electron chi connectivity index (χ1n) is 9.43. The third-order valence-electron chi connectivity index (χ3n) is 4.85. The van der Waals surface area contributed by atoms with Crippen molar-refractivity contribution in [3.63, 3.8) is 0 Å². The Morgan fingerprint density at radius 1 is 0.871 bits per heavy atom. The molecular weight excluding hydrogens is 422 g/mol. The van der Waals surface area contributed by atoms with Crippen molar-refractivity contribution in [2.24, 2.45) is 0 Å². The van der Waals surface area contributed by atoms with Crippen molar-refractivity contribution in [3.05, 3.63) is 96.2 Å². The number of aromatic nitrogens is 1. The molecule has 0 radical (unpaired) electrons. The Kier molecular flexibility index (Phi) is 5.56. The van der Waals surface area contributed by atoms with Crippen LogP contribution in [0.15, 0.2) is 83.9 Å². The first-order chi connectivity index (χ1) is 14.8. The van der Waals surface area contributed by atoms with Crippen LogP contribution in [-0.2, 0) is 26.9 Å². The van der Waals surface area contributed by atoms with E-state index in [2.05, 4.69) is 5.32 Å². The van der Waals surface area contributed by atoms with Crippen LogP contribution in [0, 0.1) is 11.6 Å². The van der Waals surface area contributed by atoms with Gasteiger partial charge in [-0.25, -0.2) is 17.2 Å². The fraction of sp³-hybridized carbons (Fsp3) is 0.0870. The predicted octanol–water partition coefficient (Wildman–Crippen LogP) is 4.53. The molecule has 4 aromatic rings. The second-order valence-corrected chi connectivity index (χ2v) is 8.97. The summed E-state index contributed by atoms with van der Waals surface area (Å²) < 4.78 is 55.5. The van der Waals surface area contributed by atoms with E-state index in [-0.39, 0.29) is 22.7 Å². The van der Waals surface area contributed by atoms with Gasteiger partial charge >= 0.3 is 0 Å². The number of halogens is 2. The maximum absolute atomic E-state index is 14.0. The van der Waals surface area contributed by atoms with Crippen molar-refractivity contribution >= 4 is 32.3 Å². The molecule has 4 rings (SSSR count). The summed E-state index contributed by atoms with van der Waals surface area (Å²) in [7, 11) is -3.90. The van der Waals surface area contributed by atoms with Gasteiger partial charge in [-0.1, -0.05) is 48.5 Å². The van der Waals surface area contributed by atoms with E-state index in [1.54, 1.807) is 36.4 Å². The number of amides is 1. The minimum Gasteiger partial charge on any atom is -0.337 e. The summed E-state index contributed by atoms with van der Waals surface area (Å²) in [5, 5.41) is 2.91. The van der Waals surface area contributed by atoms with Gasteiger partial charge in [-0.15, -0.1) is 0 Å². The maximum atomic E-state index is 14.0. The summed E-state index contributed by atoms with van der Waals surface area (Å²) in [6, 6.07) is 18.2. The molecule has 0 aliphatic rings. The van der Waals surface area contributed by atoms with Crippen LogP contribution < -0.4 is 5.32 Å². The molecule has 0 saturated heterocycles. The zero-order chi connectivity index (χ0) is 22.0. The molecule has 0 unspecified atom stereocenters. The zero-order valence-corrected chi connectivity index (χ0v) is 17.1. The van der Waals surface area contributed by atoms with E-state index in [0.29, 0.717) is 10.9 Å². The Morgan fingerprint density at radius 3 is 2.26 bits per heavy atom. The zero-order valence-electron chi connectivity index (χ0n) is 16.3. The number of benzene rings is 3. The molecule has 1 N–H and O–H groups in total. The molecule has 0 fully saturated rings. The number of hydrogen-bond donors (Lipinski definition) is 1. The minimum absolute atomic E-state index is 0.00467. The van der Waals surface area contributed by atoms with Crippen molar-refractivity contribution < 1.29 is 22.0 Å². The fourth-order valence-electron chi connectivity index (χ4n) is 3.40. The highest BCUT2D eigenvalue weighted by Crippen LogP contribution is 2.28. The first kappa shape index (κ1) is 20.7. The lowest BCUT2D eigenvalue weighted by molar-refractivity contribution is -0.116. The summed E-state index contributed by atoms with van der Waals surface area (Å²) in [5.41, 5.74) is 0.631. The second kappa shape index (κ2) is 8.31. The molecule has 1 amide bonds. The lowest BCUT2D eigenvalue weighted by Gasteiger charge is -2.08. The molecule has 3 aromatic carbocycles. The number of para-hydroxylation sites is 2. The molecule has 5 nitrogen and oxygen atoms in total. The van der Waals surface area contributed by atoms with Crippen LogP contribution in [0.1, 0.15) is 5.56 Å². The summed E-state index contributed by atoms with van der Waals surface area (Å²) in [5.74, 6) is -2.18. The largest absolute Gasteiger partial charge is 0.337 e. The topological polar surface area (TPSA) is 68.2 Å². The third-order valence-corrected chi connectivity index (χ3v) is 6.54. The average molecular weight is 440 g/mol. The summed E-state index contributed by atoms with van der Waals surface area (Å²) in [6.45, 7) is -0.218. The Balaban J connectivity index is 1.67. The van der Waals surface area contributed by atoms with Gasteiger partial charge < -0.3 is 9.88 Å². The number of rotatable bonds is 6. The van der Waals surface area contributed by atoms with Crippen molar-refractivity contribution in [2.75, 3.05) is 5.32 Å². The molecule has 8 heteroatoms. The minimum atomic E-state index is -3.90. The van der Waals surface area contributed by atoms with E-state index in [1.165, 1.54) is 47.2 Å². The Labute approximate surface area is 177 Å². The van der Waals surface area contributed by atoms with Crippen LogP contribution in [0.3, 0.4) is 0 Å². The van der Waals surface area contributed by atoms with Crippen LogP contribution in [0.2, 0.25) is 0 Å². The molecule has 158 valence electrons. The molecule has 0 spiro atoms. The quantitative estimate of drug-likeness (QED) is 0.479. The van der Waals surface area contributed by atoms with Gasteiger partial charge in [0.05, 0.1) is 16.3 Å². The van der Waals surface area contributed by atoms with Gasteiger partial charge in [0.1, 0.15) is 18.2 Å². The molecule has 0 atom stereocenters. The molecule has 0 bridgehead atoms. The molecule has 0 saturated carbocycles. The number of fused-ring (bicyclic) bond motifs is 1. The fourth-order valence-corrected chi connectivity index (χ4v) is 4.99. The van der Waals surface area contributed by atoms with E-state index >= 15 is 0 Å². The van der Waals surface area contributed by atoms with Crippen LogP contribution in [0.5, 0.6) is 0 Å². The van der Waals surface area contributed by atoms with Gasteiger partial charge in [0.15, 0.2) is 9.84 Å². The van der Waals surface area contributed by atoms with Crippen LogP contribution in [0.4, 0.5) is 14.5 Å². The number of nitrogens with zero attached hydrogens (tertiary/aromatic N) is 1. The molecular formula is C23H18F2N2O3S. The van der Waals surface area contributed by atoms with E-state index in [0.717, 1.165) is 0 Å². The average Bonchev–Trinajstić information content (AvgIpc) is 3.11. The van der Waals surface area contributed by atoms with Crippen LogP contribution >= 0.6 is 0 Å². The monoisotopic (exact) mass is 440 g/mol. The standard InChI is InChI=1S/C23H18F2N2O3S/c24-18-9-3-1-7-16(18)15-31(29,30)22-13-27(21-12-6-2-8-17(21)22)14-23(28)26-20-11-5-4-10-19(20)25/h1-13H,14-15H2,(H,26,28). The molecule has 31 heavy (non-hydrogen) atoms. The lowest BCUT2D eigenvalue weighted by atomic mass is 10.2. The Bertz CT molecular complexity index is 1380. The normalized spacial score (nSPS) is 11.5. The highest BCUT2D eigenvalue weighted by molar-refractivity contribution is 7.90. The summed E-state index contributed by atoms with van der Waals surface area (Å²) in [4.78, 5) is 12.5. The van der Waals surface area contributed by atoms with Crippen molar-refractivity contribution in [3.8, 4) is 0 Å². The SMILES string of the molecule is O=C(Cn1cc(S(=O)(=O)Cc2ccccc2F)c2ccccc21)Nc1ccccc1F. The van der Waals surface area contributed by atoms with E-state index < -0.39 is 33.1 Å². The predicted molar refractivity (Wildman–Crippen MR) is 114 cm³/mol. The highest BCUT2D eigenvalue weighted by Gasteiger charge is 2.23. The smallest absolute Gasteiger partial charge is 0.244 e. The van der Waals surface area contributed by atoms with Crippen molar-refractivity contribution in [1.29, 1.82) is 0 Å². The number of hydrogen-bond acceptors (Lipinski definition) is 3. The summed E-state index contributed by atoms with van der Waals surface area (Å²) in [6.07, 6.45) is 1.36. The highest BCUT2D eigenvalue weighted by atomic mass is 32.2. The van der Waals surface area contributed by atoms with Gasteiger partial charge in [0.2, 0.25) is 5.91 Å². The van der Waals surface area contributed by atoms with Gasteiger partial charge in [0, 0.05) is 22.7 Å². The number of sulfone groups is 1. The van der Waals surface area contributed by atoms with E-state index in [1.807, 2.05) is 0 Å². The first-order valence-corrected chi connectivity index (χ1v) is 11.1. The summed E-state index contributed by atoms with van der Waals surface area (Å²) >= 11 is 0. The maximum Gasteiger partial charge on any atom is 0.244 e. The third kappa shape index (κ3) is 4.34. The number of anilines is 1. The van der Waals surface area contributed by atoms with Gasteiger partial charge in [-0.2, -0.15) is 0 Å². The molecule has 1 heterocycles. The van der Waals surface area contributed by atoms with Crippen LogP contribution in [-0.4, -0.2) is 18.9 Å². The van der Waals surface area contributed by atoms with Gasteiger partial charge in [-0.3, -0.25) is 4.79 Å². The van der Waals surface area contributed by atoms with Crippen molar-refractivity contribution in [1.82, 2.24) is 4.57 Å². The number of carbonyl (C=O) groups is 1. The van der Waals surface area contributed by atoms with Gasteiger partial charge in [0.25, 0.3) is 0 Å². The van der Waals surface area contributed by atoms with Crippen LogP contribution in [0.25, 0.3) is 10.9 Å². The van der Waals surface area contributed by atoms with Gasteiger partial charge in [-0.05, 0) is 24.3 Å². The van der Waals surface area contributed by atoms with Crippen molar-refractivity contribution in [2.45, 2.75) is 17.2 Å². The second-order valence-electron chi connectivity index (χ2n) is 7.02. The van der Waals surface area contributed by atoms with E-state index in [9.17, 15) is 22.0 Å². The van der Waals surface area contributed by atoms with E-state index in [4.69, 9.17) is 0 Å². The molecule has 0 aliphatic heterocycles. The molecule has 0 aliphatic carbocycles. The Morgan fingerprint density at radius 2 is 1.52 bits per heavy atom. The molecule has 1 aromatic heterocycles.